The molecule has 0 aromatic carbocycles. The van der Waals surface area contributed by atoms with E-state index in [1.54, 1.807) is 12.3 Å². The second kappa shape index (κ2) is 12.9. The molecule has 7 heteroatoms. The Morgan fingerprint density at radius 2 is 1.73 bits per heavy atom. The molecule has 0 aliphatic carbocycles. The van der Waals surface area contributed by atoms with Crippen molar-refractivity contribution in [3.05, 3.63) is 47.4 Å². The molecule has 1 N–H and O–H groups in total. The number of halogens is 3. The van der Waals surface area contributed by atoms with Crippen LogP contribution in [0.1, 0.15) is 54.0 Å². The van der Waals surface area contributed by atoms with Crippen molar-refractivity contribution in [1.29, 1.82) is 0 Å². The topological polar surface area (TPSA) is 42.2 Å². The molecule has 3 aromatic rings. The van der Waals surface area contributed by atoms with Gasteiger partial charge in [0.25, 0.3) is 0 Å². The number of aromatic nitrogens is 3. The molecule has 0 spiro atoms. The Kier molecular flexibility index (Phi) is 12.2. The number of nitrogens with zero attached hydrogens (tertiary/aromatic N) is 3. The maximum Gasteiger partial charge on any atom is 0.218 e. The molecule has 0 amide bonds. The van der Waals surface area contributed by atoms with E-state index in [4.69, 9.17) is 11.6 Å². The lowest BCUT2D eigenvalue weighted by Gasteiger charge is -2.09. The maximum atomic E-state index is 14.0. The summed E-state index contributed by atoms with van der Waals surface area (Å²) in [6.07, 6.45) is 4.67. The van der Waals surface area contributed by atoms with Gasteiger partial charge in [-0.3, -0.25) is 4.40 Å². The van der Waals surface area contributed by atoms with Gasteiger partial charge in [0.05, 0.1) is 34.6 Å². The lowest BCUT2D eigenvalue weighted by Crippen LogP contribution is -1.97. The van der Waals surface area contributed by atoms with Crippen LogP contribution in [0.3, 0.4) is 0 Å². The Morgan fingerprint density at radius 3 is 2.31 bits per heavy atom. The van der Waals surface area contributed by atoms with Gasteiger partial charge in [0.15, 0.2) is 0 Å². The number of nitrogens with one attached hydrogen (secondary N) is 1. The van der Waals surface area contributed by atoms with Crippen LogP contribution in [-0.4, -0.2) is 14.4 Å². The van der Waals surface area contributed by atoms with E-state index in [2.05, 4.69) is 13.5 Å². The van der Waals surface area contributed by atoms with Gasteiger partial charge < -0.3 is 3.53 Å². The fourth-order valence-corrected chi connectivity index (χ4v) is 2.77. The highest BCUT2D eigenvalue weighted by Gasteiger charge is 2.13. The summed E-state index contributed by atoms with van der Waals surface area (Å²) in [4.78, 5) is 8.20. The monoisotopic (exact) mass is 492 g/mol. The molecule has 0 radical (unpaired) electrons. The average molecular weight is 493 g/mol. The van der Waals surface area contributed by atoms with E-state index >= 15 is 0 Å². The molecule has 0 bridgehead atoms. The minimum absolute atomic E-state index is 0.320. The summed E-state index contributed by atoms with van der Waals surface area (Å²) < 4.78 is 18.4. The third-order valence-electron chi connectivity index (χ3n) is 3.07. The quantitative estimate of drug-likeness (QED) is 0.237. The van der Waals surface area contributed by atoms with Gasteiger partial charge in [0.2, 0.25) is 5.95 Å². The van der Waals surface area contributed by atoms with Crippen LogP contribution in [0.25, 0.3) is 22.1 Å². The SMILES string of the molecule is C/C(=C\NI)c1cc2cnc(Cl)cc2n2c(F)cnc12.CC.CC.CC. The number of hydrogen-bond acceptors (Lipinski definition) is 3. The minimum atomic E-state index is -0.427. The van der Waals surface area contributed by atoms with Gasteiger partial charge in [-0.25, -0.2) is 9.97 Å². The van der Waals surface area contributed by atoms with Gasteiger partial charge in [0.1, 0.15) is 10.8 Å². The number of fused-ring (bicyclic) bond motifs is 3. The summed E-state index contributed by atoms with van der Waals surface area (Å²) in [5.41, 5.74) is 2.99. The van der Waals surface area contributed by atoms with E-state index in [1.807, 2.05) is 83.6 Å². The number of pyridine rings is 2. The largest absolute Gasteiger partial charge is 0.335 e. The highest BCUT2D eigenvalue weighted by atomic mass is 127. The molecule has 3 heterocycles. The highest BCUT2D eigenvalue weighted by molar-refractivity contribution is 14.1. The van der Waals surface area contributed by atoms with Crippen LogP contribution in [0.2, 0.25) is 5.15 Å². The van der Waals surface area contributed by atoms with E-state index < -0.39 is 5.95 Å². The fourth-order valence-electron chi connectivity index (χ4n) is 2.16. The van der Waals surface area contributed by atoms with Gasteiger partial charge in [-0.1, -0.05) is 53.1 Å². The second-order valence-electron chi connectivity index (χ2n) is 4.30. The van der Waals surface area contributed by atoms with E-state index in [9.17, 15) is 4.39 Å². The molecule has 0 aliphatic rings. The molecule has 0 unspecified atom stereocenters. The zero-order valence-corrected chi connectivity index (χ0v) is 19.3. The van der Waals surface area contributed by atoms with Gasteiger partial charge in [0, 0.05) is 29.4 Å². The molecule has 3 rings (SSSR count). The van der Waals surface area contributed by atoms with Crippen molar-refractivity contribution in [3.63, 3.8) is 0 Å². The van der Waals surface area contributed by atoms with E-state index in [0.29, 0.717) is 16.3 Å². The lowest BCUT2D eigenvalue weighted by atomic mass is 10.1. The molecular weight excluding hydrogens is 466 g/mol. The predicted octanol–water partition coefficient (Wildman–Crippen LogP) is 7.05. The summed E-state index contributed by atoms with van der Waals surface area (Å²) in [5, 5.41) is 1.12. The molecule has 4 nitrogen and oxygen atoms in total. The first-order valence-corrected chi connectivity index (χ1v) is 10.2. The van der Waals surface area contributed by atoms with Crippen LogP contribution in [0.4, 0.5) is 4.39 Å². The third-order valence-corrected chi connectivity index (χ3v) is 3.59. The third kappa shape index (κ3) is 5.54. The van der Waals surface area contributed by atoms with Crippen LogP contribution >= 0.6 is 34.5 Å². The first kappa shape index (κ1) is 24.6. The van der Waals surface area contributed by atoms with Crippen molar-refractivity contribution in [2.75, 3.05) is 0 Å². The summed E-state index contributed by atoms with van der Waals surface area (Å²) >= 11 is 7.92. The fraction of sp³-hybridized carbons (Fsp3) is 0.368. The smallest absolute Gasteiger partial charge is 0.218 e. The number of rotatable bonds is 2. The molecule has 0 saturated heterocycles. The summed E-state index contributed by atoms with van der Waals surface area (Å²) in [5.74, 6) is -0.427. The predicted molar refractivity (Wildman–Crippen MR) is 120 cm³/mol. The Balaban J connectivity index is 0.000000948. The number of imidazole rings is 1. The standard InChI is InChI=1S/C13H9ClFIN4.3C2H6/c1-7(4-19-16)9-2-8-5-17-11(14)3-10(8)20-12(15)6-18-13(9)20;3*1-2/h2-6,19H,1H3;3*1-2H3/b7-4+;;;. The van der Waals surface area contributed by atoms with E-state index in [-0.39, 0.29) is 0 Å². The van der Waals surface area contributed by atoms with Gasteiger partial charge in [-0.15, -0.1) is 0 Å². The Bertz CT molecular complexity index is 846. The zero-order chi connectivity index (χ0) is 20.3. The zero-order valence-electron chi connectivity index (χ0n) is 16.4. The van der Waals surface area contributed by atoms with Crippen LogP contribution < -0.4 is 3.53 Å². The molecule has 0 atom stereocenters. The van der Waals surface area contributed by atoms with Crippen molar-refractivity contribution in [3.8, 4) is 0 Å². The Labute approximate surface area is 174 Å². The van der Waals surface area contributed by atoms with Crippen molar-refractivity contribution < 1.29 is 4.39 Å². The van der Waals surface area contributed by atoms with Crippen LogP contribution in [0, 0.1) is 5.95 Å². The maximum absolute atomic E-state index is 14.0. The van der Waals surface area contributed by atoms with Crippen molar-refractivity contribution >= 4 is 56.6 Å². The lowest BCUT2D eigenvalue weighted by molar-refractivity contribution is 0.578. The van der Waals surface area contributed by atoms with Crippen LogP contribution in [-0.2, 0) is 0 Å². The first-order chi connectivity index (χ1) is 12.6. The molecule has 144 valence electrons. The summed E-state index contributed by atoms with van der Waals surface area (Å²) in [6, 6.07) is 3.56. The molecule has 0 saturated carbocycles. The summed E-state index contributed by atoms with van der Waals surface area (Å²) in [6.45, 7) is 13.9. The second-order valence-corrected chi connectivity index (χ2v) is 5.31. The Hall–Kier alpha value is -1.41. The summed E-state index contributed by atoms with van der Waals surface area (Å²) in [7, 11) is 0. The van der Waals surface area contributed by atoms with Crippen LogP contribution in [0.15, 0.2) is 30.7 Å². The van der Waals surface area contributed by atoms with Gasteiger partial charge >= 0.3 is 0 Å². The van der Waals surface area contributed by atoms with E-state index in [0.717, 1.165) is 16.5 Å². The van der Waals surface area contributed by atoms with Crippen molar-refractivity contribution in [1.82, 2.24) is 17.9 Å². The normalized spacial score (nSPS) is 10.2. The molecule has 26 heavy (non-hydrogen) atoms. The van der Waals surface area contributed by atoms with Gasteiger partial charge in [-0.2, -0.15) is 4.39 Å². The average Bonchev–Trinajstić information content (AvgIpc) is 3.08. The molecule has 0 aliphatic heterocycles. The van der Waals surface area contributed by atoms with Crippen molar-refractivity contribution in [2.45, 2.75) is 48.5 Å². The molecule has 3 aromatic heterocycles. The Morgan fingerprint density at radius 1 is 1.12 bits per heavy atom. The first-order valence-electron chi connectivity index (χ1n) is 8.76. The molecule has 0 fully saturated rings. The minimum Gasteiger partial charge on any atom is -0.335 e. The van der Waals surface area contributed by atoms with Crippen LogP contribution in [0.5, 0.6) is 0 Å². The van der Waals surface area contributed by atoms with Crippen molar-refractivity contribution in [2.24, 2.45) is 0 Å². The molecular formula is C19H27ClFIN4. The van der Waals surface area contributed by atoms with Gasteiger partial charge in [-0.05, 0) is 18.6 Å². The number of allylic oxidation sites excluding steroid dienone is 1. The van der Waals surface area contributed by atoms with E-state index in [1.165, 1.54) is 10.6 Å². The highest BCUT2D eigenvalue weighted by Crippen LogP contribution is 2.27. The number of hydrogen-bond donors (Lipinski definition) is 1.